The molecule has 1 rings (SSSR count). The third kappa shape index (κ3) is 6.26. The Hall–Kier alpha value is -1.26. The van der Waals surface area contributed by atoms with E-state index in [-0.39, 0.29) is 18.6 Å². The molecule has 0 unspecified atom stereocenters. The molecular weight excluding hydrogens is 276 g/mol. The van der Waals surface area contributed by atoms with Crippen LogP contribution in [0.5, 0.6) is 5.75 Å². The largest absolute Gasteiger partial charge is 0.483 e. The van der Waals surface area contributed by atoms with Crippen LogP contribution in [0.25, 0.3) is 0 Å². The van der Waals surface area contributed by atoms with Gasteiger partial charge >= 0.3 is 0 Å². The van der Waals surface area contributed by atoms with Crippen LogP contribution in [0.1, 0.15) is 33.3 Å². The van der Waals surface area contributed by atoms with E-state index < -0.39 is 0 Å². The van der Waals surface area contributed by atoms with Crippen LogP contribution in [0.3, 0.4) is 0 Å². The van der Waals surface area contributed by atoms with Crippen LogP contribution in [0.2, 0.25) is 5.02 Å². The third-order valence-electron chi connectivity index (χ3n) is 2.53. The summed E-state index contributed by atoms with van der Waals surface area (Å²) in [6.07, 6.45) is 0. The Labute approximate surface area is 125 Å². The summed E-state index contributed by atoms with van der Waals surface area (Å²) < 4.78 is 5.58. The van der Waals surface area contributed by atoms with E-state index in [1.165, 1.54) is 0 Å². The van der Waals surface area contributed by atoms with Gasteiger partial charge in [0.05, 0.1) is 0 Å². The second-order valence-electron chi connectivity index (χ2n) is 5.30. The minimum absolute atomic E-state index is 0.00842. The Kier molecular flexibility index (Phi) is 6.82. The number of nitrogens with one attached hydrogen (secondary N) is 2. The highest BCUT2D eigenvalue weighted by Crippen LogP contribution is 2.23. The van der Waals surface area contributed by atoms with Crippen molar-refractivity contribution in [3.63, 3.8) is 0 Å². The van der Waals surface area contributed by atoms with Gasteiger partial charge in [-0.2, -0.15) is 0 Å². The molecule has 0 aliphatic carbocycles. The van der Waals surface area contributed by atoms with Gasteiger partial charge in [-0.25, -0.2) is 0 Å². The van der Waals surface area contributed by atoms with Gasteiger partial charge < -0.3 is 15.4 Å². The van der Waals surface area contributed by atoms with Crippen LogP contribution in [-0.4, -0.2) is 24.6 Å². The predicted molar refractivity (Wildman–Crippen MR) is 82.2 cm³/mol. The number of ether oxygens (including phenoxy) is 1. The molecule has 112 valence electrons. The smallest absolute Gasteiger partial charge is 0.258 e. The lowest BCUT2D eigenvalue weighted by atomic mass is 10.2. The zero-order valence-corrected chi connectivity index (χ0v) is 13.3. The Morgan fingerprint density at radius 3 is 2.55 bits per heavy atom. The SMILES string of the molecule is CC(C)NCc1cc(Cl)ccc1OCC(=O)NC(C)C. The molecule has 0 radical (unpaired) electrons. The molecule has 1 amide bonds. The monoisotopic (exact) mass is 298 g/mol. The first kappa shape index (κ1) is 16.8. The molecule has 1 aromatic rings. The summed E-state index contributed by atoms with van der Waals surface area (Å²) in [5, 5.41) is 6.76. The van der Waals surface area contributed by atoms with Crippen LogP contribution >= 0.6 is 11.6 Å². The molecule has 0 aliphatic rings. The Morgan fingerprint density at radius 1 is 1.25 bits per heavy atom. The summed E-state index contributed by atoms with van der Waals surface area (Å²) in [4.78, 5) is 11.6. The normalized spacial score (nSPS) is 10.9. The van der Waals surface area contributed by atoms with Crippen molar-refractivity contribution < 1.29 is 9.53 Å². The molecule has 20 heavy (non-hydrogen) atoms. The van der Waals surface area contributed by atoms with Crippen LogP contribution in [0.4, 0.5) is 0 Å². The third-order valence-corrected chi connectivity index (χ3v) is 2.77. The average molecular weight is 299 g/mol. The van der Waals surface area contributed by atoms with Gasteiger partial charge in [0, 0.05) is 29.2 Å². The Balaban J connectivity index is 2.66. The molecule has 0 saturated heterocycles. The number of halogens is 1. The molecule has 0 saturated carbocycles. The number of carbonyl (C=O) groups is 1. The minimum atomic E-state index is -0.127. The topological polar surface area (TPSA) is 50.4 Å². The van der Waals surface area contributed by atoms with Crippen LogP contribution in [-0.2, 0) is 11.3 Å². The molecule has 2 N–H and O–H groups in total. The molecule has 0 aromatic heterocycles. The van der Waals surface area contributed by atoms with Gasteiger partial charge in [-0.1, -0.05) is 25.4 Å². The zero-order valence-electron chi connectivity index (χ0n) is 12.5. The molecule has 0 heterocycles. The van der Waals surface area contributed by atoms with Crippen molar-refractivity contribution in [2.75, 3.05) is 6.61 Å². The second kappa shape index (κ2) is 8.12. The van der Waals surface area contributed by atoms with Crippen molar-refractivity contribution >= 4 is 17.5 Å². The summed E-state index contributed by atoms with van der Waals surface area (Å²) in [6.45, 7) is 8.63. The van der Waals surface area contributed by atoms with Crippen LogP contribution < -0.4 is 15.4 Å². The van der Waals surface area contributed by atoms with E-state index in [1.807, 2.05) is 19.9 Å². The summed E-state index contributed by atoms with van der Waals surface area (Å²) in [5.74, 6) is 0.555. The van der Waals surface area contributed by atoms with Gasteiger partial charge in [0.15, 0.2) is 6.61 Å². The summed E-state index contributed by atoms with van der Waals surface area (Å²) in [6, 6.07) is 5.88. The number of hydrogen-bond acceptors (Lipinski definition) is 3. The van der Waals surface area contributed by atoms with Crippen molar-refractivity contribution in [2.45, 2.75) is 46.3 Å². The number of hydrogen-bond donors (Lipinski definition) is 2. The number of benzene rings is 1. The lowest BCUT2D eigenvalue weighted by Crippen LogP contribution is -2.34. The van der Waals surface area contributed by atoms with Crippen molar-refractivity contribution in [2.24, 2.45) is 0 Å². The van der Waals surface area contributed by atoms with Gasteiger partial charge in [-0.3, -0.25) is 4.79 Å². The van der Waals surface area contributed by atoms with Gasteiger partial charge in [0.2, 0.25) is 0 Å². The first-order chi connectivity index (χ1) is 9.38. The molecule has 0 atom stereocenters. The lowest BCUT2D eigenvalue weighted by molar-refractivity contribution is -0.123. The average Bonchev–Trinajstić information content (AvgIpc) is 2.34. The molecule has 0 spiro atoms. The minimum Gasteiger partial charge on any atom is -0.483 e. The van der Waals surface area contributed by atoms with E-state index in [9.17, 15) is 4.79 Å². The van der Waals surface area contributed by atoms with E-state index in [4.69, 9.17) is 16.3 Å². The van der Waals surface area contributed by atoms with Gasteiger partial charge in [0.1, 0.15) is 5.75 Å². The molecular formula is C15H23ClN2O2. The maximum atomic E-state index is 11.6. The van der Waals surface area contributed by atoms with Crippen molar-refractivity contribution in [3.05, 3.63) is 28.8 Å². The standard InChI is InChI=1S/C15H23ClN2O2/c1-10(2)17-8-12-7-13(16)5-6-14(12)20-9-15(19)18-11(3)4/h5-7,10-11,17H,8-9H2,1-4H3,(H,18,19). The fourth-order valence-electron chi connectivity index (χ4n) is 1.65. The summed E-state index contributed by atoms with van der Waals surface area (Å²) in [5.41, 5.74) is 0.948. The van der Waals surface area contributed by atoms with E-state index >= 15 is 0 Å². The van der Waals surface area contributed by atoms with Gasteiger partial charge in [0.25, 0.3) is 5.91 Å². The van der Waals surface area contributed by atoms with Crippen molar-refractivity contribution in [1.29, 1.82) is 0 Å². The Morgan fingerprint density at radius 2 is 1.95 bits per heavy atom. The molecule has 0 fully saturated rings. The van der Waals surface area contributed by atoms with E-state index in [0.717, 1.165) is 5.56 Å². The second-order valence-corrected chi connectivity index (χ2v) is 5.73. The number of rotatable bonds is 7. The first-order valence-electron chi connectivity index (χ1n) is 6.82. The Bertz CT molecular complexity index is 447. The highest BCUT2D eigenvalue weighted by atomic mass is 35.5. The highest BCUT2D eigenvalue weighted by molar-refractivity contribution is 6.30. The zero-order chi connectivity index (χ0) is 15.1. The fraction of sp³-hybridized carbons (Fsp3) is 0.533. The van der Waals surface area contributed by atoms with Gasteiger partial charge in [-0.05, 0) is 32.0 Å². The molecule has 0 aliphatic heterocycles. The molecule has 5 heteroatoms. The summed E-state index contributed by atoms with van der Waals surface area (Å²) >= 11 is 6.00. The fourth-order valence-corrected chi connectivity index (χ4v) is 1.84. The van der Waals surface area contributed by atoms with Gasteiger partial charge in [-0.15, -0.1) is 0 Å². The predicted octanol–water partition coefficient (Wildman–Crippen LogP) is 2.74. The lowest BCUT2D eigenvalue weighted by Gasteiger charge is -2.15. The van der Waals surface area contributed by atoms with Crippen LogP contribution in [0.15, 0.2) is 18.2 Å². The molecule has 1 aromatic carbocycles. The van der Waals surface area contributed by atoms with Crippen molar-refractivity contribution in [3.8, 4) is 5.75 Å². The maximum absolute atomic E-state index is 11.6. The van der Waals surface area contributed by atoms with Crippen molar-refractivity contribution in [1.82, 2.24) is 10.6 Å². The summed E-state index contributed by atoms with van der Waals surface area (Å²) in [7, 11) is 0. The molecule has 4 nitrogen and oxygen atoms in total. The highest BCUT2D eigenvalue weighted by Gasteiger charge is 2.09. The van der Waals surface area contributed by atoms with E-state index in [0.29, 0.717) is 23.4 Å². The van der Waals surface area contributed by atoms with Crippen LogP contribution in [0, 0.1) is 0 Å². The maximum Gasteiger partial charge on any atom is 0.258 e. The first-order valence-corrected chi connectivity index (χ1v) is 7.20. The number of carbonyl (C=O) groups excluding carboxylic acids is 1. The van der Waals surface area contributed by atoms with E-state index in [1.54, 1.807) is 12.1 Å². The number of amides is 1. The molecule has 0 bridgehead atoms. The van der Waals surface area contributed by atoms with E-state index in [2.05, 4.69) is 24.5 Å². The quantitative estimate of drug-likeness (QED) is 0.814.